The first-order valence-electron chi connectivity index (χ1n) is 12.9. The van der Waals surface area contributed by atoms with Gasteiger partial charge in [0.1, 0.15) is 0 Å². The third-order valence-corrected chi connectivity index (χ3v) is 7.90. The highest BCUT2D eigenvalue weighted by molar-refractivity contribution is 8.00. The minimum atomic E-state index is -0.829. The van der Waals surface area contributed by atoms with Crippen molar-refractivity contribution in [2.45, 2.75) is 127 Å². The summed E-state index contributed by atoms with van der Waals surface area (Å²) in [4.78, 5) is 21.8. The highest BCUT2D eigenvalue weighted by Gasteiger charge is 2.35. The van der Waals surface area contributed by atoms with Crippen molar-refractivity contribution in [3.63, 3.8) is 0 Å². The molecule has 0 radical (unpaired) electrons. The van der Waals surface area contributed by atoms with E-state index in [1.165, 1.54) is 81.5 Å². The van der Waals surface area contributed by atoms with E-state index in [4.69, 9.17) is 10.2 Å². The first kappa shape index (κ1) is 29.0. The molecule has 186 valence electrons. The lowest BCUT2D eigenvalue weighted by atomic mass is 9.80. The van der Waals surface area contributed by atoms with Gasteiger partial charge in [-0.3, -0.25) is 9.59 Å². The molecular formula is C26H46O5S. The minimum Gasteiger partial charge on any atom is -0.481 e. The Morgan fingerprint density at radius 2 is 1.47 bits per heavy atom. The molecule has 6 heteroatoms. The Morgan fingerprint density at radius 1 is 0.906 bits per heavy atom. The van der Waals surface area contributed by atoms with Gasteiger partial charge in [-0.1, -0.05) is 82.8 Å². The molecule has 1 rings (SSSR count). The van der Waals surface area contributed by atoms with Gasteiger partial charge in [0.05, 0.1) is 17.8 Å². The van der Waals surface area contributed by atoms with Crippen LogP contribution in [0.15, 0.2) is 11.6 Å². The summed E-state index contributed by atoms with van der Waals surface area (Å²) in [5.41, 5.74) is 1.23. The van der Waals surface area contributed by atoms with Gasteiger partial charge >= 0.3 is 11.9 Å². The molecule has 0 aromatic rings. The maximum atomic E-state index is 10.9. The van der Waals surface area contributed by atoms with Gasteiger partial charge in [-0.05, 0) is 38.0 Å². The Kier molecular flexibility index (Phi) is 16.7. The number of allylic oxidation sites excluding steroid dienone is 1. The molecule has 0 heterocycles. The number of aliphatic carboxylic acids is 2. The van der Waals surface area contributed by atoms with Crippen molar-refractivity contribution in [2.75, 3.05) is 5.75 Å². The number of carbonyl (C=O) groups is 2. The molecule has 0 aromatic heterocycles. The second-order valence-electron chi connectivity index (χ2n) is 9.26. The Bertz CT molecular complexity index is 548. The molecule has 1 fully saturated rings. The molecule has 5 nitrogen and oxygen atoms in total. The van der Waals surface area contributed by atoms with Crippen LogP contribution in [0.5, 0.6) is 0 Å². The monoisotopic (exact) mass is 470 g/mol. The Labute approximate surface area is 199 Å². The Balaban J connectivity index is 2.34. The summed E-state index contributed by atoms with van der Waals surface area (Å²) in [5, 5.41) is 28.7. The SMILES string of the molecule is CCCCCCCCCCCCCC=C1CC[C@@H](CCC(=O)O)[C@@H](O)[C@@H]1SCCC(=O)O. The summed E-state index contributed by atoms with van der Waals surface area (Å²) in [6.07, 6.45) is 19.6. The molecule has 0 bridgehead atoms. The second-order valence-corrected chi connectivity index (χ2v) is 10.5. The minimum absolute atomic E-state index is 0.0208. The van der Waals surface area contributed by atoms with Gasteiger partial charge in [0.15, 0.2) is 0 Å². The maximum absolute atomic E-state index is 10.9. The van der Waals surface area contributed by atoms with Gasteiger partial charge in [-0.2, -0.15) is 11.8 Å². The van der Waals surface area contributed by atoms with Gasteiger partial charge in [-0.15, -0.1) is 0 Å². The van der Waals surface area contributed by atoms with Crippen LogP contribution in [0.1, 0.15) is 116 Å². The zero-order valence-corrected chi connectivity index (χ0v) is 20.9. The van der Waals surface area contributed by atoms with Crippen molar-refractivity contribution < 1.29 is 24.9 Å². The van der Waals surface area contributed by atoms with Crippen molar-refractivity contribution >= 4 is 23.7 Å². The summed E-state index contributed by atoms with van der Waals surface area (Å²) < 4.78 is 0. The summed E-state index contributed by atoms with van der Waals surface area (Å²) in [6, 6.07) is 0. The molecule has 0 amide bonds. The first-order valence-corrected chi connectivity index (χ1v) is 13.9. The molecule has 0 unspecified atom stereocenters. The summed E-state index contributed by atoms with van der Waals surface area (Å²) in [7, 11) is 0. The normalized spacial score (nSPS) is 22.3. The van der Waals surface area contributed by atoms with Gasteiger partial charge in [0.2, 0.25) is 0 Å². The fourth-order valence-corrected chi connectivity index (χ4v) is 5.94. The van der Waals surface area contributed by atoms with Gasteiger partial charge in [-0.25, -0.2) is 0 Å². The van der Waals surface area contributed by atoms with E-state index in [0.717, 1.165) is 25.7 Å². The predicted molar refractivity (Wildman–Crippen MR) is 133 cm³/mol. The zero-order valence-electron chi connectivity index (χ0n) is 20.1. The largest absolute Gasteiger partial charge is 0.481 e. The number of thioether (sulfide) groups is 1. The smallest absolute Gasteiger partial charge is 0.304 e. The molecule has 0 aliphatic heterocycles. The van der Waals surface area contributed by atoms with Crippen LogP contribution in [0.25, 0.3) is 0 Å². The zero-order chi connectivity index (χ0) is 23.6. The molecule has 1 aliphatic rings. The van der Waals surface area contributed by atoms with Crippen LogP contribution in [-0.4, -0.2) is 44.4 Å². The topological polar surface area (TPSA) is 94.8 Å². The van der Waals surface area contributed by atoms with Crippen molar-refractivity contribution in [2.24, 2.45) is 5.92 Å². The summed E-state index contributed by atoms with van der Waals surface area (Å²) >= 11 is 1.52. The molecular weight excluding hydrogens is 424 g/mol. The highest BCUT2D eigenvalue weighted by Crippen LogP contribution is 2.39. The number of carboxylic acids is 2. The summed E-state index contributed by atoms with van der Waals surface area (Å²) in [5.74, 6) is -1.20. The van der Waals surface area contributed by atoms with E-state index in [1.54, 1.807) is 0 Å². The van der Waals surface area contributed by atoms with Gasteiger partial charge < -0.3 is 15.3 Å². The number of rotatable bonds is 19. The van der Waals surface area contributed by atoms with Crippen molar-refractivity contribution in [3.05, 3.63) is 11.6 Å². The third-order valence-electron chi connectivity index (χ3n) is 6.52. The predicted octanol–water partition coefficient (Wildman–Crippen LogP) is 6.83. The molecule has 0 spiro atoms. The summed E-state index contributed by atoms with van der Waals surface area (Å²) in [6.45, 7) is 2.25. The van der Waals surface area contributed by atoms with E-state index in [2.05, 4.69) is 13.0 Å². The van der Waals surface area contributed by atoms with E-state index in [1.807, 2.05) is 0 Å². The molecule has 3 atom stereocenters. The molecule has 1 aliphatic carbocycles. The number of aliphatic hydroxyl groups excluding tert-OH is 1. The van der Waals surface area contributed by atoms with E-state index < -0.39 is 18.0 Å². The van der Waals surface area contributed by atoms with Crippen LogP contribution in [0.4, 0.5) is 0 Å². The van der Waals surface area contributed by atoms with E-state index in [-0.39, 0.29) is 24.0 Å². The number of hydrogen-bond acceptors (Lipinski definition) is 4. The number of unbranched alkanes of at least 4 members (excludes halogenated alkanes) is 11. The molecule has 3 N–H and O–H groups in total. The second kappa shape index (κ2) is 18.4. The lowest BCUT2D eigenvalue weighted by Gasteiger charge is -2.36. The third kappa shape index (κ3) is 13.5. The molecule has 0 saturated heterocycles. The average molecular weight is 471 g/mol. The quantitative estimate of drug-likeness (QED) is 0.141. The lowest BCUT2D eigenvalue weighted by Crippen LogP contribution is -2.37. The van der Waals surface area contributed by atoms with Crippen LogP contribution in [0.2, 0.25) is 0 Å². The van der Waals surface area contributed by atoms with Gasteiger partial charge in [0, 0.05) is 12.2 Å². The van der Waals surface area contributed by atoms with Crippen molar-refractivity contribution in [3.8, 4) is 0 Å². The van der Waals surface area contributed by atoms with Crippen molar-refractivity contribution in [1.82, 2.24) is 0 Å². The molecule has 0 aromatic carbocycles. The lowest BCUT2D eigenvalue weighted by molar-refractivity contribution is -0.138. The number of aliphatic hydroxyl groups is 1. The average Bonchev–Trinajstić information content (AvgIpc) is 2.75. The van der Waals surface area contributed by atoms with Crippen LogP contribution in [0, 0.1) is 5.92 Å². The van der Waals surface area contributed by atoms with E-state index in [9.17, 15) is 14.7 Å². The number of hydrogen-bond donors (Lipinski definition) is 3. The van der Waals surface area contributed by atoms with Crippen LogP contribution >= 0.6 is 11.8 Å². The maximum Gasteiger partial charge on any atom is 0.304 e. The van der Waals surface area contributed by atoms with Crippen LogP contribution in [0.3, 0.4) is 0 Å². The fraction of sp³-hybridized carbons (Fsp3) is 0.846. The Hall–Kier alpha value is -1.01. The van der Waals surface area contributed by atoms with Crippen LogP contribution < -0.4 is 0 Å². The van der Waals surface area contributed by atoms with Gasteiger partial charge in [0.25, 0.3) is 0 Å². The van der Waals surface area contributed by atoms with E-state index >= 15 is 0 Å². The molecule has 1 saturated carbocycles. The standard InChI is InChI=1S/C26H46O5S/c1-2-3-4-5-6-7-8-9-10-11-12-13-14-22-16-15-21(17-18-23(27)28)25(31)26(22)32-20-19-24(29)30/h14,21,25-26,31H,2-13,15-20H2,1H3,(H,27,28)(H,29,30)/t21-,25+,26+/m0/s1. The first-order chi connectivity index (χ1) is 15.5. The van der Waals surface area contributed by atoms with Crippen molar-refractivity contribution in [1.29, 1.82) is 0 Å². The molecule has 32 heavy (non-hydrogen) atoms. The van der Waals surface area contributed by atoms with Crippen LogP contribution in [-0.2, 0) is 9.59 Å². The Morgan fingerprint density at radius 3 is 2.03 bits per heavy atom. The number of carboxylic acid groups (broad SMARTS) is 2. The fourth-order valence-electron chi connectivity index (χ4n) is 4.55. The van der Waals surface area contributed by atoms with E-state index in [0.29, 0.717) is 12.2 Å². The highest BCUT2D eigenvalue weighted by atomic mass is 32.2.